The largest absolute Gasteiger partial charge is 0.493 e. The van der Waals surface area contributed by atoms with Gasteiger partial charge in [-0.15, -0.1) is 10.2 Å². The summed E-state index contributed by atoms with van der Waals surface area (Å²) in [6.45, 7) is 4.65. The normalized spacial score (nSPS) is 18.0. The van der Waals surface area contributed by atoms with E-state index in [0.717, 1.165) is 49.2 Å². The Balaban J connectivity index is 1.22. The molecule has 0 saturated carbocycles. The van der Waals surface area contributed by atoms with Crippen molar-refractivity contribution in [3.8, 4) is 11.4 Å². The van der Waals surface area contributed by atoms with Gasteiger partial charge in [-0.2, -0.15) is 0 Å². The number of carbonyl (C=O) groups excluding carboxylic acids is 1. The monoisotopic (exact) mass is 526 g/mol. The van der Waals surface area contributed by atoms with E-state index in [-0.39, 0.29) is 17.9 Å². The first-order chi connectivity index (χ1) is 17.7. The van der Waals surface area contributed by atoms with Gasteiger partial charge in [-0.1, -0.05) is 11.6 Å². The van der Waals surface area contributed by atoms with Gasteiger partial charge in [0.2, 0.25) is 11.9 Å². The van der Waals surface area contributed by atoms with Gasteiger partial charge < -0.3 is 19.4 Å². The number of methoxy groups -OCH3 is 1. The zero-order valence-electron chi connectivity index (χ0n) is 21.0. The summed E-state index contributed by atoms with van der Waals surface area (Å²) in [5.41, 5.74) is 2.12. The molecule has 1 spiro atoms. The lowest BCUT2D eigenvalue weighted by atomic mass is 9.73. The standard InChI is InChI=1S/C25H28ClFN8O2/c1-31(2)22(36)11-32-9-16-6-17(26)4-5-19(16)35-21(10-32)29-30-24(35)34-14-25(15-34)12-33(13-25)23-20(37-3)7-18(27)8-28-23/h4-8H,9-15H2,1-3H3. The molecule has 2 aromatic heterocycles. The molecule has 0 radical (unpaired) electrons. The molecule has 1 aromatic carbocycles. The molecule has 3 aliphatic heterocycles. The van der Waals surface area contributed by atoms with Crippen LogP contribution in [0.5, 0.6) is 5.75 Å². The predicted molar refractivity (Wildman–Crippen MR) is 137 cm³/mol. The molecule has 0 bridgehead atoms. The number of pyridine rings is 1. The first-order valence-corrected chi connectivity index (χ1v) is 12.5. The molecule has 2 saturated heterocycles. The van der Waals surface area contributed by atoms with Crippen molar-refractivity contribution in [3.63, 3.8) is 0 Å². The van der Waals surface area contributed by atoms with Gasteiger partial charge in [-0.05, 0) is 23.8 Å². The van der Waals surface area contributed by atoms with Gasteiger partial charge in [0, 0.05) is 63.3 Å². The van der Waals surface area contributed by atoms with Crippen molar-refractivity contribution >= 4 is 29.3 Å². The van der Waals surface area contributed by atoms with Crippen LogP contribution in [0.15, 0.2) is 30.5 Å². The highest BCUT2D eigenvalue weighted by Gasteiger charge is 2.54. The average molecular weight is 527 g/mol. The van der Waals surface area contributed by atoms with Crippen molar-refractivity contribution in [1.29, 1.82) is 0 Å². The number of nitrogens with zero attached hydrogens (tertiary/aromatic N) is 8. The molecular weight excluding hydrogens is 499 g/mol. The molecule has 3 aromatic rings. The maximum Gasteiger partial charge on any atom is 0.236 e. The van der Waals surface area contributed by atoms with E-state index in [1.54, 1.807) is 19.0 Å². The summed E-state index contributed by atoms with van der Waals surface area (Å²) < 4.78 is 21.0. The number of halogens is 2. The van der Waals surface area contributed by atoms with Crippen molar-refractivity contribution < 1.29 is 13.9 Å². The maximum absolute atomic E-state index is 13.6. The van der Waals surface area contributed by atoms with Gasteiger partial charge in [0.05, 0.1) is 32.1 Å². The highest BCUT2D eigenvalue weighted by atomic mass is 35.5. The third kappa shape index (κ3) is 4.15. The van der Waals surface area contributed by atoms with E-state index in [1.807, 2.05) is 18.2 Å². The summed E-state index contributed by atoms with van der Waals surface area (Å²) in [6, 6.07) is 7.19. The van der Waals surface area contributed by atoms with Crippen molar-refractivity contribution in [3.05, 3.63) is 52.7 Å². The van der Waals surface area contributed by atoms with Crippen molar-refractivity contribution in [2.75, 3.05) is 63.7 Å². The van der Waals surface area contributed by atoms with Crippen LogP contribution in [0.2, 0.25) is 5.02 Å². The number of benzene rings is 1. The fourth-order valence-electron chi connectivity index (χ4n) is 5.52. The number of amides is 1. The summed E-state index contributed by atoms with van der Waals surface area (Å²) in [5, 5.41) is 9.74. The number of rotatable bonds is 5. The van der Waals surface area contributed by atoms with Crippen LogP contribution in [0.3, 0.4) is 0 Å². The van der Waals surface area contributed by atoms with Crippen molar-refractivity contribution in [2.45, 2.75) is 13.1 Å². The maximum atomic E-state index is 13.6. The van der Waals surface area contributed by atoms with E-state index < -0.39 is 5.82 Å². The van der Waals surface area contributed by atoms with Crippen LogP contribution in [0.4, 0.5) is 16.2 Å². The van der Waals surface area contributed by atoms with E-state index in [4.69, 9.17) is 16.3 Å². The number of anilines is 2. The Hall–Kier alpha value is -3.44. The number of carbonyl (C=O) groups is 1. The third-order valence-electron chi connectivity index (χ3n) is 7.32. The first kappa shape index (κ1) is 23.9. The molecule has 0 aliphatic carbocycles. The van der Waals surface area contributed by atoms with Gasteiger partial charge in [0.15, 0.2) is 17.4 Å². The molecule has 37 heavy (non-hydrogen) atoms. The molecule has 0 N–H and O–H groups in total. The summed E-state index contributed by atoms with van der Waals surface area (Å²) in [5.74, 6) is 2.32. The van der Waals surface area contributed by atoms with E-state index in [1.165, 1.54) is 19.4 Å². The van der Waals surface area contributed by atoms with E-state index in [2.05, 4.69) is 34.4 Å². The lowest BCUT2D eigenvalue weighted by molar-refractivity contribution is -0.130. The van der Waals surface area contributed by atoms with Gasteiger partial charge in [-0.3, -0.25) is 14.3 Å². The molecule has 2 fully saturated rings. The van der Waals surface area contributed by atoms with Crippen LogP contribution < -0.4 is 14.5 Å². The van der Waals surface area contributed by atoms with Crippen LogP contribution in [-0.4, -0.2) is 89.4 Å². The predicted octanol–water partition coefficient (Wildman–Crippen LogP) is 2.19. The fraction of sp³-hybridized carbons (Fsp3) is 0.440. The van der Waals surface area contributed by atoms with E-state index >= 15 is 0 Å². The third-order valence-corrected chi connectivity index (χ3v) is 7.55. The highest BCUT2D eigenvalue weighted by molar-refractivity contribution is 6.30. The highest BCUT2D eigenvalue weighted by Crippen LogP contribution is 2.45. The van der Waals surface area contributed by atoms with Crippen LogP contribution >= 0.6 is 11.6 Å². The first-order valence-electron chi connectivity index (χ1n) is 12.1. The van der Waals surface area contributed by atoms with Gasteiger partial charge >= 0.3 is 0 Å². The Morgan fingerprint density at radius 2 is 1.89 bits per heavy atom. The second-order valence-electron chi connectivity index (χ2n) is 10.3. The van der Waals surface area contributed by atoms with E-state index in [9.17, 15) is 9.18 Å². The zero-order chi connectivity index (χ0) is 25.9. The fourth-order valence-corrected chi connectivity index (χ4v) is 5.72. The SMILES string of the molecule is COc1cc(F)cnc1N1CC2(C1)CN(c1nnc3n1-c1ccc(Cl)cc1CN(CC(=O)N(C)C)C3)C2. The summed E-state index contributed by atoms with van der Waals surface area (Å²) in [4.78, 5) is 24.7. The minimum Gasteiger partial charge on any atom is -0.493 e. The molecule has 6 rings (SSSR count). The number of ether oxygens (including phenoxy) is 1. The zero-order valence-corrected chi connectivity index (χ0v) is 21.7. The lowest BCUT2D eigenvalue weighted by Crippen LogP contribution is -2.73. The molecule has 0 unspecified atom stereocenters. The smallest absolute Gasteiger partial charge is 0.236 e. The number of aromatic nitrogens is 4. The van der Waals surface area contributed by atoms with E-state index in [0.29, 0.717) is 29.7 Å². The summed E-state index contributed by atoms with van der Waals surface area (Å²) in [7, 11) is 5.05. The molecule has 10 nitrogen and oxygen atoms in total. The molecule has 12 heteroatoms. The van der Waals surface area contributed by atoms with Gasteiger partial charge in [0.1, 0.15) is 5.82 Å². The molecular formula is C25H28ClFN8O2. The minimum atomic E-state index is -0.413. The molecule has 194 valence electrons. The summed E-state index contributed by atoms with van der Waals surface area (Å²) in [6.07, 6.45) is 1.22. The Morgan fingerprint density at radius 3 is 2.62 bits per heavy atom. The second kappa shape index (κ2) is 8.84. The minimum absolute atomic E-state index is 0.0308. The van der Waals surface area contributed by atoms with Crippen LogP contribution in [0, 0.1) is 11.2 Å². The second-order valence-corrected chi connectivity index (χ2v) is 10.8. The molecule has 0 atom stereocenters. The van der Waals surface area contributed by atoms with Crippen LogP contribution in [0.1, 0.15) is 11.4 Å². The average Bonchev–Trinajstić information content (AvgIpc) is 3.13. The number of likely N-dealkylation sites (N-methyl/N-ethyl adjacent to an activating group) is 1. The molecule has 5 heterocycles. The van der Waals surface area contributed by atoms with Crippen LogP contribution in [0.25, 0.3) is 5.69 Å². The lowest BCUT2D eigenvalue weighted by Gasteiger charge is -2.60. The van der Waals surface area contributed by atoms with Crippen LogP contribution in [-0.2, 0) is 17.9 Å². The summed E-state index contributed by atoms with van der Waals surface area (Å²) >= 11 is 6.35. The van der Waals surface area contributed by atoms with Gasteiger partial charge in [-0.25, -0.2) is 9.37 Å². The number of fused-ring (bicyclic) bond motifs is 3. The van der Waals surface area contributed by atoms with Gasteiger partial charge in [0.25, 0.3) is 0 Å². The van der Waals surface area contributed by atoms with Crippen molar-refractivity contribution in [2.24, 2.45) is 5.41 Å². The molecule has 3 aliphatic rings. The Morgan fingerprint density at radius 1 is 1.14 bits per heavy atom. The Bertz CT molecular complexity index is 1360. The molecule has 1 amide bonds. The topological polar surface area (TPSA) is 82.9 Å². The number of hydrogen-bond donors (Lipinski definition) is 0. The Labute approximate surface area is 219 Å². The quantitative estimate of drug-likeness (QED) is 0.500. The van der Waals surface area contributed by atoms with Crippen molar-refractivity contribution in [1.82, 2.24) is 29.5 Å². The number of hydrogen-bond acceptors (Lipinski definition) is 8. The Kier molecular flexibility index (Phi) is 5.72.